The van der Waals surface area contributed by atoms with E-state index in [-0.39, 0.29) is 11.9 Å². The van der Waals surface area contributed by atoms with Gasteiger partial charge in [-0.1, -0.05) is 15.9 Å². The van der Waals surface area contributed by atoms with Crippen molar-refractivity contribution >= 4 is 15.9 Å². The fourth-order valence-corrected chi connectivity index (χ4v) is 2.96. The summed E-state index contributed by atoms with van der Waals surface area (Å²) in [5, 5.41) is 3.25. The van der Waals surface area contributed by atoms with Crippen LogP contribution in [0.2, 0.25) is 0 Å². The lowest BCUT2D eigenvalue weighted by Crippen LogP contribution is -2.19. The van der Waals surface area contributed by atoms with Crippen LogP contribution >= 0.6 is 15.9 Å². The molecule has 0 aromatic heterocycles. The molecule has 0 amide bonds. The molecule has 1 heterocycles. The summed E-state index contributed by atoms with van der Waals surface area (Å²) >= 11 is 3.34. The van der Waals surface area contributed by atoms with Gasteiger partial charge in [0.05, 0.1) is 6.10 Å². The van der Waals surface area contributed by atoms with Crippen LogP contribution in [0.1, 0.15) is 37.3 Å². The Bertz CT molecular complexity index is 373. The maximum Gasteiger partial charge on any atom is 0.124 e. The maximum atomic E-state index is 13.4. The molecule has 2 unspecified atom stereocenters. The van der Waals surface area contributed by atoms with E-state index in [9.17, 15) is 4.39 Å². The summed E-state index contributed by atoms with van der Waals surface area (Å²) in [7, 11) is 1.92. The van der Waals surface area contributed by atoms with Crippen molar-refractivity contribution in [2.24, 2.45) is 0 Å². The van der Waals surface area contributed by atoms with Crippen LogP contribution in [0.5, 0.6) is 0 Å². The molecule has 2 rings (SSSR count). The predicted molar refractivity (Wildman–Crippen MR) is 74.1 cm³/mol. The summed E-state index contributed by atoms with van der Waals surface area (Å²) in [6.07, 6.45) is 4.71. The molecule has 2 nitrogen and oxygen atoms in total. The molecule has 0 aliphatic carbocycles. The Morgan fingerprint density at radius 1 is 1.50 bits per heavy atom. The summed E-state index contributed by atoms with van der Waals surface area (Å²) < 4.78 is 19.8. The molecular weight excluding hydrogens is 297 g/mol. The van der Waals surface area contributed by atoms with Crippen LogP contribution in [0.25, 0.3) is 0 Å². The largest absolute Gasteiger partial charge is 0.378 e. The van der Waals surface area contributed by atoms with Gasteiger partial charge in [-0.05, 0) is 56.5 Å². The molecule has 4 heteroatoms. The fraction of sp³-hybridized carbons (Fsp3) is 0.571. The minimum Gasteiger partial charge on any atom is -0.378 e. The zero-order valence-corrected chi connectivity index (χ0v) is 12.2. The third kappa shape index (κ3) is 3.77. The van der Waals surface area contributed by atoms with Crippen molar-refractivity contribution in [3.63, 3.8) is 0 Å². The standard InChI is InChI=1S/C14H19BrFNO/c1-17-14(5-4-13-3-2-6-18-13)10-7-11(15)9-12(16)8-10/h7-9,13-14,17H,2-6H2,1H3. The zero-order chi connectivity index (χ0) is 13.0. The topological polar surface area (TPSA) is 21.3 Å². The van der Waals surface area contributed by atoms with Crippen molar-refractivity contribution in [3.05, 3.63) is 34.1 Å². The van der Waals surface area contributed by atoms with Crippen LogP contribution in [0.3, 0.4) is 0 Å². The van der Waals surface area contributed by atoms with Gasteiger partial charge in [0, 0.05) is 17.1 Å². The molecule has 1 aliphatic rings. The molecule has 1 N–H and O–H groups in total. The first kappa shape index (κ1) is 14.0. The fourth-order valence-electron chi connectivity index (χ4n) is 2.48. The van der Waals surface area contributed by atoms with Crippen molar-refractivity contribution in [3.8, 4) is 0 Å². The highest BCUT2D eigenvalue weighted by Crippen LogP contribution is 2.26. The first-order chi connectivity index (χ1) is 8.69. The molecule has 1 aromatic rings. The number of ether oxygens (including phenoxy) is 1. The van der Waals surface area contributed by atoms with E-state index in [0.29, 0.717) is 6.10 Å². The van der Waals surface area contributed by atoms with Gasteiger partial charge in [-0.15, -0.1) is 0 Å². The van der Waals surface area contributed by atoms with E-state index in [2.05, 4.69) is 21.2 Å². The third-order valence-corrected chi connectivity index (χ3v) is 3.89. The van der Waals surface area contributed by atoms with Crippen molar-refractivity contribution in [1.82, 2.24) is 5.32 Å². The summed E-state index contributed by atoms with van der Waals surface area (Å²) in [5.74, 6) is -0.197. The Kier molecular flexibility index (Phi) is 5.15. The van der Waals surface area contributed by atoms with E-state index >= 15 is 0 Å². The van der Waals surface area contributed by atoms with Crippen LogP contribution in [0.15, 0.2) is 22.7 Å². The number of nitrogens with one attached hydrogen (secondary N) is 1. The number of hydrogen-bond acceptors (Lipinski definition) is 2. The highest BCUT2D eigenvalue weighted by atomic mass is 79.9. The molecule has 0 bridgehead atoms. The van der Waals surface area contributed by atoms with Gasteiger partial charge in [-0.25, -0.2) is 4.39 Å². The van der Waals surface area contributed by atoms with Crippen molar-refractivity contribution in [2.45, 2.75) is 37.8 Å². The van der Waals surface area contributed by atoms with E-state index in [0.717, 1.165) is 35.9 Å². The molecule has 0 radical (unpaired) electrons. The van der Waals surface area contributed by atoms with Gasteiger partial charge in [-0.3, -0.25) is 0 Å². The van der Waals surface area contributed by atoms with Gasteiger partial charge in [0.2, 0.25) is 0 Å². The lowest BCUT2D eigenvalue weighted by atomic mass is 9.99. The Balaban J connectivity index is 1.98. The summed E-state index contributed by atoms with van der Waals surface area (Å²) in [6.45, 7) is 0.889. The SMILES string of the molecule is CNC(CCC1CCCO1)c1cc(F)cc(Br)c1. The van der Waals surface area contributed by atoms with Gasteiger partial charge in [0.25, 0.3) is 0 Å². The second-order valence-corrected chi connectivity index (χ2v) is 5.67. The van der Waals surface area contributed by atoms with Gasteiger partial charge < -0.3 is 10.1 Å². The molecular formula is C14H19BrFNO. The molecule has 0 spiro atoms. The maximum absolute atomic E-state index is 13.4. The highest BCUT2D eigenvalue weighted by molar-refractivity contribution is 9.10. The van der Waals surface area contributed by atoms with E-state index in [1.54, 1.807) is 6.07 Å². The smallest absolute Gasteiger partial charge is 0.124 e. The van der Waals surface area contributed by atoms with Gasteiger partial charge in [-0.2, -0.15) is 0 Å². The number of rotatable bonds is 5. The summed E-state index contributed by atoms with van der Waals surface area (Å²) in [4.78, 5) is 0. The minimum absolute atomic E-state index is 0.182. The van der Waals surface area contributed by atoms with Gasteiger partial charge >= 0.3 is 0 Å². The quantitative estimate of drug-likeness (QED) is 0.892. The van der Waals surface area contributed by atoms with E-state index in [1.807, 2.05) is 13.1 Å². The average molecular weight is 316 g/mol. The second kappa shape index (κ2) is 6.64. The Morgan fingerprint density at radius 3 is 2.94 bits per heavy atom. The molecule has 0 saturated carbocycles. The van der Waals surface area contributed by atoms with Crippen LogP contribution in [-0.4, -0.2) is 19.8 Å². The minimum atomic E-state index is -0.197. The zero-order valence-electron chi connectivity index (χ0n) is 10.6. The molecule has 2 atom stereocenters. The molecule has 1 aromatic carbocycles. The Labute approximate surface area is 116 Å². The summed E-state index contributed by atoms with van der Waals surface area (Å²) in [5.41, 5.74) is 0.988. The van der Waals surface area contributed by atoms with Crippen LogP contribution in [-0.2, 0) is 4.74 Å². The molecule has 18 heavy (non-hydrogen) atoms. The van der Waals surface area contributed by atoms with Crippen LogP contribution in [0.4, 0.5) is 4.39 Å². The second-order valence-electron chi connectivity index (χ2n) is 4.76. The van der Waals surface area contributed by atoms with Crippen molar-refractivity contribution in [1.29, 1.82) is 0 Å². The normalized spacial score (nSPS) is 21.2. The van der Waals surface area contributed by atoms with Crippen LogP contribution in [0, 0.1) is 5.82 Å². The number of halogens is 2. The Morgan fingerprint density at radius 2 is 2.33 bits per heavy atom. The van der Waals surface area contributed by atoms with Gasteiger partial charge in [0.15, 0.2) is 0 Å². The highest BCUT2D eigenvalue weighted by Gasteiger charge is 2.18. The predicted octanol–water partition coefficient (Wildman–Crippen LogP) is 3.81. The lowest BCUT2D eigenvalue weighted by molar-refractivity contribution is 0.0998. The first-order valence-corrected chi connectivity index (χ1v) is 7.23. The first-order valence-electron chi connectivity index (χ1n) is 6.44. The number of benzene rings is 1. The number of hydrogen-bond donors (Lipinski definition) is 1. The Hall–Kier alpha value is -0.450. The third-order valence-electron chi connectivity index (χ3n) is 3.44. The summed E-state index contributed by atoms with van der Waals surface area (Å²) in [6, 6.07) is 5.23. The molecule has 1 fully saturated rings. The van der Waals surface area contributed by atoms with E-state index in [1.165, 1.54) is 12.5 Å². The monoisotopic (exact) mass is 315 g/mol. The molecule has 100 valence electrons. The van der Waals surface area contributed by atoms with Crippen LogP contribution < -0.4 is 5.32 Å². The van der Waals surface area contributed by atoms with Crippen molar-refractivity contribution in [2.75, 3.05) is 13.7 Å². The van der Waals surface area contributed by atoms with E-state index in [4.69, 9.17) is 4.74 Å². The average Bonchev–Trinajstić information content (AvgIpc) is 2.81. The molecule has 1 saturated heterocycles. The molecule has 1 aliphatic heterocycles. The van der Waals surface area contributed by atoms with Gasteiger partial charge in [0.1, 0.15) is 5.82 Å². The lowest BCUT2D eigenvalue weighted by Gasteiger charge is -2.19. The van der Waals surface area contributed by atoms with E-state index < -0.39 is 0 Å². The van der Waals surface area contributed by atoms with Crippen molar-refractivity contribution < 1.29 is 9.13 Å².